The lowest BCUT2D eigenvalue weighted by Gasteiger charge is -2.24. The van der Waals surface area contributed by atoms with Crippen LogP contribution in [0, 0.1) is 0 Å². The van der Waals surface area contributed by atoms with E-state index in [1.807, 2.05) is 36.4 Å². The third-order valence-electron chi connectivity index (χ3n) is 3.74. The van der Waals surface area contributed by atoms with E-state index in [0.29, 0.717) is 18.5 Å². The molecular formula is C16H15NO3. The summed E-state index contributed by atoms with van der Waals surface area (Å²) in [7, 11) is 1.61. The SMILES string of the molecule is COc1ccc(CN2C(=O)C(=O)C3=CC=CCC32)cc1. The maximum atomic E-state index is 12.1. The number of benzene rings is 1. The lowest BCUT2D eigenvalue weighted by Crippen LogP contribution is -2.33. The molecule has 0 spiro atoms. The number of carbonyl (C=O) groups excluding carboxylic acids is 2. The van der Waals surface area contributed by atoms with Gasteiger partial charge < -0.3 is 9.64 Å². The van der Waals surface area contributed by atoms with Crippen LogP contribution in [0.3, 0.4) is 0 Å². The van der Waals surface area contributed by atoms with Crippen molar-refractivity contribution in [2.45, 2.75) is 19.0 Å². The van der Waals surface area contributed by atoms with Crippen LogP contribution in [0.2, 0.25) is 0 Å². The molecule has 1 aliphatic carbocycles. The van der Waals surface area contributed by atoms with Gasteiger partial charge in [0.25, 0.3) is 5.91 Å². The predicted octanol–water partition coefficient (Wildman–Crippen LogP) is 1.86. The molecule has 1 heterocycles. The van der Waals surface area contributed by atoms with Gasteiger partial charge in [0.1, 0.15) is 5.75 Å². The second kappa shape index (κ2) is 4.96. The number of likely N-dealkylation sites (tertiary alicyclic amines) is 1. The minimum Gasteiger partial charge on any atom is -0.497 e. The van der Waals surface area contributed by atoms with Gasteiger partial charge in [-0.3, -0.25) is 9.59 Å². The van der Waals surface area contributed by atoms with Crippen molar-refractivity contribution in [1.82, 2.24) is 4.90 Å². The first kappa shape index (κ1) is 12.7. The van der Waals surface area contributed by atoms with E-state index >= 15 is 0 Å². The summed E-state index contributed by atoms with van der Waals surface area (Å²) in [5.41, 5.74) is 1.61. The minimum absolute atomic E-state index is 0.109. The number of fused-ring (bicyclic) bond motifs is 1. The summed E-state index contributed by atoms with van der Waals surface area (Å²) in [5.74, 6) is 0.00684. The van der Waals surface area contributed by atoms with Crippen molar-refractivity contribution in [3.63, 3.8) is 0 Å². The normalized spacial score (nSPS) is 20.9. The number of ether oxygens (including phenoxy) is 1. The number of methoxy groups -OCH3 is 1. The molecule has 0 bridgehead atoms. The third kappa shape index (κ3) is 2.03. The molecular weight excluding hydrogens is 254 g/mol. The van der Waals surface area contributed by atoms with Crippen LogP contribution in [0.4, 0.5) is 0 Å². The van der Waals surface area contributed by atoms with Gasteiger partial charge in [-0.25, -0.2) is 0 Å². The Morgan fingerprint density at radius 3 is 2.70 bits per heavy atom. The molecule has 1 saturated heterocycles. The average Bonchev–Trinajstić information content (AvgIpc) is 2.74. The van der Waals surface area contributed by atoms with Crippen molar-refractivity contribution in [3.05, 3.63) is 53.6 Å². The molecule has 1 aliphatic heterocycles. The molecule has 0 saturated carbocycles. The number of hydrogen-bond donors (Lipinski definition) is 0. The zero-order chi connectivity index (χ0) is 14.1. The topological polar surface area (TPSA) is 46.6 Å². The van der Waals surface area contributed by atoms with E-state index in [2.05, 4.69) is 0 Å². The summed E-state index contributed by atoms with van der Waals surface area (Å²) in [5, 5.41) is 0. The first-order chi connectivity index (χ1) is 9.70. The average molecular weight is 269 g/mol. The van der Waals surface area contributed by atoms with Crippen LogP contribution in [0.1, 0.15) is 12.0 Å². The number of ketones is 1. The molecule has 4 nitrogen and oxygen atoms in total. The molecule has 0 aromatic heterocycles. The molecule has 2 aliphatic rings. The van der Waals surface area contributed by atoms with Crippen molar-refractivity contribution >= 4 is 11.7 Å². The number of carbonyl (C=O) groups is 2. The van der Waals surface area contributed by atoms with E-state index < -0.39 is 5.91 Å². The fraction of sp³-hybridized carbons (Fsp3) is 0.250. The van der Waals surface area contributed by atoms with Crippen LogP contribution in [-0.4, -0.2) is 29.7 Å². The Morgan fingerprint density at radius 2 is 2.00 bits per heavy atom. The largest absolute Gasteiger partial charge is 0.497 e. The Morgan fingerprint density at radius 1 is 1.25 bits per heavy atom. The summed E-state index contributed by atoms with van der Waals surface area (Å²) in [6, 6.07) is 7.43. The van der Waals surface area contributed by atoms with Crippen molar-refractivity contribution < 1.29 is 14.3 Å². The lowest BCUT2D eigenvalue weighted by molar-refractivity contribution is -0.140. The highest BCUT2D eigenvalue weighted by Crippen LogP contribution is 2.29. The maximum absolute atomic E-state index is 12.1. The van der Waals surface area contributed by atoms with E-state index in [0.717, 1.165) is 11.3 Å². The number of nitrogens with zero attached hydrogens (tertiary/aromatic N) is 1. The maximum Gasteiger partial charge on any atom is 0.295 e. The van der Waals surface area contributed by atoms with Crippen LogP contribution >= 0.6 is 0 Å². The van der Waals surface area contributed by atoms with Crippen molar-refractivity contribution in [2.24, 2.45) is 0 Å². The number of Topliss-reactive ketones (excluding diaryl/α,β-unsaturated/α-hetero) is 1. The lowest BCUT2D eigenvalue weighted by atomic mass is 9.99. The fourth-order valence-corrected chi connectivity index (χ4v) is 2.64. The van der Waals surface area contributed by atoms with E-state index in [1.165, 1.54) is 0 Å². The van der Waals surface area contributed by atoms with Crippen LogP contribution in [-0.2, 0) is 16.1 Å². The summed E-state index contributed by atoms with van der Waals surface area (Å²) in [6.45, 7) is 0.449. The fourth-order valence-electron chi connectivity index (χ4n) is 2.64. The van der Waals surface area contributed by atoms with Gasteiger partial charge in [0.2, 0.25) is 5.78 Å². The molecule has 4 heteroatoms. The number of rotatable bonds is 3. The quantitative estimate of drug-likeness (QED) is 0.787. The molecule has 102 valence electrons. The number of amides is 1. The van der Waals surface area contributed by atoms with Crippen LogP contribution in [0.5, 0.6) is 5.75 Å². The molecule has 20 heavy (non-hydrogen) atoms. The zero-order valence-electron chi connectivity index (χ0n) is 11.2. The molecule has 1 atom stereocenters. The molecule has 0 N–H and O–H groups in total. The zero-order valence-corrected chi connectivity index (χ0v) is 11.2. The highest BCUT2D eigenvalue weighted by atomic mass is 16.5. The summed E-state index contributed by atoms with van der Waals surface area (Å²) in [4.78, 5) is 25.7. The molecule has 0 radical (unpaired) electrons. The summed E-state index contributed by atoms with van der Waals surface area (Å²) >= 11 is 0. The van der Waals surface area contributed by atoms with E-state index in [1.54, 1.807) is 18.1 Å². The smallest absolute Gasteiger partial charge is 0.295 e. The van der Waals surface area contributed by atoms with E-state index in [9.17, 15) is 9.59 Å². The van der Waals surface area contributed by atoms with Gasteiger partial charge in [0.15, 0.2) is 0 Å². The highest BCUT2D eigenvalue weighted by molar-refractivity contribution is 6.45. The van der Waals surface area contributed by atoms with Gasteiger partial charge in [0, 0.05) is 12.1 Å². The van der Waals surface area contributed by atoms with Gasteiger partial charge in [-0.1, -0.05) is 30.4 Å². The van der Waals surface area contributed by atoms with Gasteiger partial charge in [0.05, 0.1) is 13.2 Å². The van der Waals surface area contributed by atoms with Crippen LogP contribution < -0.4 is 4.74 Å². The summed E-state index contributed by atoms with van der Waals surface area (Å²) < 4.78 is 5.11. The Labute approximate surface area is 117 Å². The Bertz CT molecular complexity index is 613. The Kier molecular flexibility index (Phi) is 3.14. The van der Waals surface area contributed by atoms with Crippen LogP contribution in [0.15, 0.2) is 48.1 Å². The van der Waals surface area contributed by atoms with Crippen molar-refractivity contribution in [3.8, 4) is 5.75 Å². The van der Waals surface area contributed by atoms with Crippen LogP contribution in [0.25, 0.3) is 0 Å². The molecule has 1 aromatic rings. The monoisotopic (exact) mass is 269 g/mol. The van der Waals surface area contributed by atoms with Crippen molar-refractivity contribution in [2.75, 3.05) is 7.11 Å². The van der Waals surface area contributed by atoms with Gasteiger partial charge in [-0.15, -0.1) is 0 Å². The second-order valence-electron chi connectivity index (χ2n) is 4.91. The first-order valence-corrected chi connectivity index (χ1v) is 6.55. The summed E-state index contributed by atoms with van der Waals surface area (Å²) in [6.07, 6.45) is 6.29. The van der Waals surface area contributed by atoms with E-state index in [-0.39, 0.29) is 11.8 Å². The van der Waals surface area contributed by atoms with Gasteiger partial charge in [-0.2, -0.15) is 0 Å². The highest BCUT2D eigenvalue weighted by Gasteiger charge is 2.42. The number of hydrogen-bond acceptors (Lipinski definition) is 3. The standard InChI is InChI=1S/C16H15NO3/c1-20-12-8-6-11(7-9-12)10-17-14-5-3-2-4-13(14)15(18)16(17)19/h2-4,6-9,14H,5,10H2,1H3. The molecule has 1 fully saturated rings. The molecule has 1 aromatic carbocycles. The Balaban J connectivity index is 1.83. The first-order valence-electron chi connectivity index (χ1n) is 6.55. The van der Waals surface area contributed by atoms with Gasteiger partial charge in [-0.05, 0) is 24.1 Å². The van der Waals surface area contributed by atoms with Crippen molar-refractivity contribution in [1.29, 1.82) is 0 Å². The van der Waals surface area contributed by atoms with E-state index in [4.69, 9.17) is 4.74 Å². The van der Waals surface area contributed by atoms with Gasteiger partial charge >= 0.3 is 0 Å². The minimum atomic E-state index is -0.402. The molecule has 3 rings (SSSR count). The predicted molar refractivity (Wildman–Crippen MR) is 74.2 cm³/mol. The third-order valence-corrected chi connectivity index (χ3v) is 3.74. The Hall–Kier alpha value is -2.36. The second-order valence-corrected chi connectivity index (χ2v) is 4.91. The molecule has 1 amide bonds. The number of allylic oxidation sites excluding steroid dienone is 2. The molecule has 1 unspecified atom stereocenters.